The first-order valence-corrected chi connectivity index (χ1v) is 11.3. The number of hydrogen-bond acceptors (Lipinski definition) is 3. The molecule has 3 aromatic rings. The molecule has 1 aliphatic rings. The fourth-order valence-electron chi connectivity index (χ4n) is 3.85. The van der Waals surface area contributed by atoms with Crippen LogP contribution in [0, 0.1) is 6.92 Å². The fraction of sp³-hybridized carbons (Fsp3) is 0.174. The average molecular weight is 441 g/mol. The van der Waals surface area contributed by atoms with Crippen LogP contribution in [0.2, 0.25) is 5.02 Å². The number of aryl methyl sites for hydroxylation is 1. The second-order valence-corrected chi connectivity index (χ2v) is 9.71. The minimum Gasteiger partial charge on any atom is -0.325 e. The van der Waals surface area contributed by atoms with Crippen molar-refractivity contribution in [2.75, 3.05) is 5.32 Å². The molecule has 0 saturated carbocycles. The first-order valence-electron chi connectivity index (χ1n) is 9.48. The Balaban J connectivity index is 1.88. The summed E-state index contributed by atoms with van der Waals surface area (Å²) in [6.45, 7) is 3.62. The number of anilines is 1. The number of para-hydroxylation sites is 1. The van der Waals surface area contributed by atoms with E-state index < -0.39 is 21.5 Å². The fourth-order valence-corrected chi connectivity index (χ4v) is 5.40. The number of benzene rings is 3. The number of amides is 1. The van der Waals surface area contributed by atoms with E-state index in [-0.39, 0.29) is 10.8 Å². The molecule has 0 radical (unpaired) electrons. The molecule has 0 saturated heterocycles. The van der Waals surface area contributed by atoms with Gasteiger partial charge in [-0.15, -0.1) is 0 Å². The van der Waals surface area contributed by atoms with Crippen LogP contribution in [-0.2, 0) is 20.2 Å². The summed E-state index contributed by atoms with van der Waals surface area (Å²) in [6.07, 6.45) is 0. The zero-order valence-corrected chi connectivity index (χ0v) is 18.1. The molecule has 0 fully saturated rings. The molecule has 1 aliphatic heterocycles. The molecular formula is C23H21ClN2O3S. The number of halogens is 1. The molecule has 1 unspecified atom stereocenters. The highest BCUT2D eigenvalue weighted by atomic mass is 35.5. The Morgan fingerprint density at radius 3 is 2.30 bits per heavy atom. The summed E-state index contributed by atoms with van der Waals surface area (Å²) in [5.41, 5.74) is 1.67. The SMILES string of the molecule is Cc1ccc(S(=O)(=O)N[C@H](c2ccccc2Cl)C2(C)C(=O)Nc3ccccc32)cc1. The molecule has 0 spiro atoms. The first kappa shape index (κ1) is 20.6. The molecule has 0 aliphatic carbocycles. The van der Waals surface area contributed by atoms with Crippen molar-refractivity contribution in [2.45, 2.75) is 30.2 Å². The maximum atomic E-state index is 13.3. The van der Waals surface area contributed by atoms with Crippen LogP contribution in [-0.4, -0.2) is 14.3 Å². The number of carbonyl (C=O) groups is 1. The van der Waals surface area contributed by atoms with Gasteiger partial charge in [-0.05, 0) is 49.2 Å². The molecule has 4 rings (SSSR count). The molecule has 0 aromatic heterocycles. The number of fused-ring (bicyclic) bond motifs is 1. The van der Waals surface area contributed by atoms with Gasteiger partial charge in [0.25, 0.3) is 0 Å². The third-order valence-corrected chi connectivity index (χ3v) is 7.39. The summed E-state index contributed by atoms with van der Waals surface area (Å²) >= 11 is 6.46. The maximum Gasteiger partial charge on any atom is 0.241 e. The van der Waals surface area contributed by atoms with Gasteiger partial charge in [0.2, 0.25) is 15.9 Å². The Labute approximate surface area is 181 Å². The lowest BCUT2D eigenvalue weighted by Crippen LogP contribution is -2.46. The van der Waals surface area contributed by atoms with Crippen molar-refractivity contribution in [1.82, 2.24) is 4.72 Å². The standard InChI is InChI=1S/C23H21ClN2O3S/c1-15-11-13-16(14-12-15)30(28,29)26-21(17-7-3-5-9-19(17)24)23(2)18-8-4-6-10-20(18)25-22(23)27/h3-14,21,26H,1-2H3,(H,25,27)/t21-,23?/m1/s1. The molecule has 0 bridgehead atoms. The van der Waals surface area contributed by atoms with Crippen LogP contribution in [0.25, 0.3) is 0 Å². The smallest absolute Gasteiger partial charge is 0.241 e. The van der Waals surface area contributed by atoms with E-state index in [0.717, 1.165) is 5.56 Å². The summed E-state index contributed by atoms with van der Waals surface area (Å²) in [6, 6.07) is 19.9. The van der Waals surface area contributed by atoms with Crippen LogP contribution in [0.3, 0.4) is 0 Å². The second kappa shape index (κ2) is 7.54. The van der Waals surface area contributed by atoms with Crippen molar-refractivity contribution in [3.8, 4) is 0 Å². The highest BCUT2D eigenvalue weighted by Gasteiger charge is 2.51. The summed E-state index contributed by atoms with van der Waals surface area (Å²) in [4.78, 5) is 13.3. The number of rotatable bonds is 5. The van der Waals surface area contributed by atoms with Crippen LogP contribution in [0.15, 0.2) is 77.7 Å². The van der Waals surface area contributed by atoms with Crippen molar-refractivity contribution in [2.24, 2.45) is 0 Å². The maximum absolute atomic E-state index is 13.3. The molecule has 7 heteroatoms. The summed E-state index contributed by atoms with van der Waals surface area (Å²) < 4.78 is 29.3. The van der Waals surface area contributed by atoms with Crippen molar-refractivity contribution >= 4 is 33.2 Å². The van der Waals surface area contributed by atoms with E-state index in [4.69, 9.17) is 11.6 Å². The second-order valence-electron chi connectivity index (χ2n) is 7.59. The Kier molecular flexibility index (Phi) is 5.18. The van der Waals surface area contributed by atoms with Gasteiger partial charge in [0, 0.05) is 10.7 Å². The van der Waals surface area contributed by atoms with E-state index in [2.05, 4.69) is 10.0 Å². The minimum atomic E-state index is -3.93. The van der Waals surface area contributed by atoms with Crippen LogP contribution in [0.5, 0.6) is 0 Å². The van der Waals surface area contributed by atoms with Crippen molar-refractivity contribution in [1.29, 1.82) is 0 Å². The quantitative estimate of drug-likeness (QED) is 0.609. The van der Waals surface area contributed by atoms with Crippen LogP contribution in [0.1, 0.15) is 29.7 Å². The van der Waals surface area contributed by atoms with Crippen LogP contribution < -0.4 is 10.0 Å². The number of sulfonamides is 1. The minimum absolute atomic E-state index is 0.125. The van der Waals surface area contributed by atoms with Gasteiger partial charge in [-0.2, -0.15) is 0 Å². The zero-order valence-electron chi connectivity index (χ0n) is 16.5. The van der Waals surface area contributed by atoms with Crippen LogP contribution in [0.4, 0.5) is 5.69 Å². The Hall–Kier alpha value is -2.67. The van der Waals surface area contributed by atoms with Crippen molar-refractivity contribution in [3.05, 3.63) is 94.5 Å². The summed E-state index contributed by atoms with van der Waals surface area (Å²) in [5, 5.41) is 3.26. The molecular weight excluding hydrogens is 420 g/mol. The lowest BCUT2D eigenvalue weighted by molar-refractivity contribution is -0.121. The topological polar surface area (TPSA) is 75.3 Å². The predicted octanol–water partition coefficient (Wildman–Crippen LogP) is 4.58. The third kappa shape index (κ3) is 3.41. The lowest BCUT2D eigenvalue weighted by atomic mass is 9.74. The third-order valence-electron chi connectivity index (χ3n) is 5.60. The van der Waals surface area contributed by atoms with E-state index in [0.29, 0.717) is 21.8 Å². The molecule has 3 aromatic carbocycles. The van der Waals surface area contributed by atoms with Gasteiger partial charge in [0.05, 0.1) is 16.4 Å². The zero-order chi connectivity index (χ0) is 21.5. The monoisotopic (exact) mass is 440 g/mol. The van der Waals surface area contributed by atoms with Gasteiger partial charge in [-0.1, -0.05) is 65.7 Å². The first-order chi connectivity index (χ1) is 14.2. The van der Waals surface area contributed by atoms with Gasteiger partial charge in [0.1, 0.15) is 0 Å². The normalized spacial score (nSPS) is 19.2. The van der Waals surface area contributed by atoms with E-state index >= 15 is 0 Å². The largest absolute Gasteiger partial charge is 0.325 e. The molecule has 2 N–H and O–H groups in total. The molecule has 2 atom stereocenters. The van der Waals surface area contributed by atoms with E-state index in [9.17, 15) is 13.2 Å². The van der Waals surface area contributed by atoms with E-state index in [1.807, 2.05) is 25.1 Å². The van der Waals surface area contributed by atoms with Crippen molar-refractivity contribution < 1.29 is 13.2 Å². The average Bonchev–Trinajstić information content (AvgIpc) is 2.98. The van der Waals surface area contributed by atoms with Gasteiger partial charge in [-0.25, -0.2) is 13.1 Å². The molecule has 1 heterocycles. The van der Waals surface area contributed by atoms with Gasteiger partial charge in [0.15, 0.2) is 0 Å². The van der Waals surface area contributed by atoms with Crippen molar-refractivity contribution in [3.63, 3.8) is 0 Å². The lowest BCUT2D eigenvalue weighted by Gasteiger charge is -2.34. The van der Waals surface area contributed by atoms with Gasteiger partial charge >= 0.3 is 0 Å². The van der Waals surface area contributed by atoms with E-state index in [1.54, 1.807) is 61.5 Å². The Morgan fingerprint density at radius 1 is 0.967 bits per heavy atom. The predicted molar refractivity (Wildman–Crippen MR) is 118 cm³/mol. The number of nitrogens with one attached hydrogen (secondary N) is 2. The number of hydrogen-bond donors (Lipinski definition) is 2. The van der Waals surface area contributed by atoms with E-state index in [1.165, 1.54) is 0 Å². The molecule has 1 amide bonds. The van der Waals surface area contributed by atoms with Crippen LogP contribution >= 0.6 is 11.6 Å². The molecule has 30 heavy (non-hydrogen) atoms. The van der Waals surface area contributed by atoms with Gasteiger partial charge in [-0.3, -0.25) is 4.79 Å². The number of carbonyl (C=O) groups excluding carboxylic acids is 1. The Bertz CT molecular complexity index is 1230. The summed E-state index contributed by atoms with van der Waals surface area (Å²) in [5.74, 6) is -0.291. The molecule has 5 nitrogen and oxygen atoms in total. The highest BCUT2D eigenvalue weighted by molar-refractivity contribution is 7.89. The highest BCUT2D eigenvalue weighted by Crippen LogP contribution is 2.47. The molecule has 154 valence electrons. The summed E-state index contributed by atoms with van der Waals surface area (Å²) in [7, 11) is -3.93. The van der Waals surface area contributed by atoms with Gasteiger partial charge < -0.3 is 5.32 Å². The Morgan fingerprint density at radius 2 is 1.60 bits per heavy atom.